The summed E-state index contributed by atoms with van der Waals surface area (Å²) in [7, 11) is 1.53. The van der Waals surface area contributed by atoms with Crippen molar-refractivity contribution in [1.82, 2.24) is 0 Å². The first-order chi connectivity index (χ1) is 8.39. The smallest absolute Gasteiger partial charge is 0.309 e. The van der Waals surface area contributed by atoms with Crippen molar-refractivity contribution in [3.8, 4) is 0 Å². The third kappa shape index (κ3) is 1.46. The second-order valence-electron chi connectivity index (χ2n) is 5.63. The van der Waals surface area contributed by atoms with Crippen LogP contribution in [0.1, 0.15) is 26.7 Å². The number of hydrogen-bond donors (Lipinski definition) is 1. The summed E-state index contributed by atoms with van der Waals surface area (Å²) in [5, 5.41) is 9.25. The highest BCUT2D eigenvalue weighted by Crippen LogP contribution is 2.55. The maximum absolute atomic E-state index is 11.3. The number of rotatable bonds is 2. The van der Waals surface area contributed by atoms with Crippen molar-refractivity contribution in [2.45, 2.75) is 56.6 Å². The van der Waals surface area contributed by atoms with Gasteiger partial charge in [0.25, 0.3) is 0 Å². The van der Waals surface area contributed by atoms with Crippen molar-refractivity contribution in [2.75, 3.05) is 7.11 Å². The molecule has 1 saturated carbocycles. The van der Waals surface area contributed by atoms with Crippen molar-refractivity contribution < 1.29 is 28.8 Å². The molecule has 102 valence electrons. The number of methoxy groups -OCH3 is 1. The Morgan fingerprint density at radius 1 is 1.33 bits per heavy atom. The SMILES string of the molecule is COC1O[C@@]2(CC[C@H]2C(=O)O)C2OC(C)(C)O[C@H]12. The fourth-order valence-corrected chi connectivity index (χ4v) is 3.29. The first-order valence-electron chi connectivity index (χ1n) is 6.19. The van der Waals surface area contributed by atoms with Gasteiger partial charge in [-0.2, -0.15) is 0 Å². The van der Waals surface area contributed by atoms with Crippen molar-refractivity contribution in [2.24, 2.45) is 5.92 Å². The van der Waals surface area contributed by atoms with E-state index in [1.807, 2.05) is 13.8 Å². The molecule has 0 radical (unpaired) electrons. The van der Waals surface area contributed by atoms with E-state index in [0.29, 0.717) is 12.8 Å². The topological polar surface area (TPSA) is 74.2 Å². The van der Waals surface area contributed by atoms with E-state index in [9.17, 15) is 9.90 Å². The van der Waals surface area contributed by atoms with Crippen molar-refractivity contribution in [3.63, 3.8) is 0 Å². The number of fused-ring (bicyclic) bond motifs is 2. The van der Waals surface area contributed by atoms with Gasteiger partial charge in [0.15, 0.2) is 12.1 Å². The minimum Gasteiger partial charge on any atom is -0.481 e. The summed E-state index contributed by atoms with van der Waals surface area (Å²) >= 11 is 0. The van der Waals surface area contributed by atoms with E-state index in [4.69, 9.17) is 18.9 Å². The second-order valence-corrected chi connectivity index (χ2v) is 5.63. The maximum Gasteiger partial charge on any atom is 0.309 e. The Balaban J connectivity index is 1.91. The van der Waals surface area contributed by atoms with Gasteiger partial charge in [-0.1, -0.05) is 0 Å². The number of ether oxygens (including phenoxy) is 4. The molecule has 2 unspecified atom stereocenters. The molecule has 18 heavy (non-hydrogen) atoms. The lowest BCUT2D eigenvalue weighted by Gasteiger charge is -2.46. The third-order valence-corrected chi connectivity index (χ3v) is 4.16. The molecule has 2 aliphatic heterocycles. The molecule has 3 fully saturated rings. The zero-order valence-electron chi connectivity index (χ0n) is 10.7. The summed E-state index contributed by atoms with van der Waals surface area (Å²) in [4.78, 5) is 11.3. The summed E-state index contributed by atoms with van der Waals surface area (Å²) in [5.41, 5.74) is -0.787. The van der Waals surface area contributed by atoms with E-state index in [2.05, 4.69) is 0 Å². The van der Waals surface area contributed by atoms with Crippen LogP contribution in [0.2, 0.25) is 0 Å². The highest BCUT2D eigenvalue weighted by Gasteiger charge is 2.70. The largest absolute Gasteiger partial charge is 0.481 e. The van der Waals surface area contributed by atoms with Gasteiger partial charge in [0.05, 0.1) is 5.92 Å². The van der Waals surface area contributed by atoms with Gasteiger partial charge >= 0.3 is 5.97 Å². The number of carbonyl (C=O) groups is 1. The summed E-state index contributed by atoms with van der Waals surface area (Å²) in [6.45, 7) is 3.64. The van der Waals surface area contributed by atoms with Gasteiger partial charge < -0.3 is 24.1 Å². The van der Waals surface area contributed by atoms with E-state index in [0.717, 1.165) is 0 Å². The van der Waals surface area contributed by atoms with Crippen LogP contribution in [-0.4, -0.2) is 48.1 Å². The van der Waals surface area contributed by atoms with Crippen LogP contribution >= 0.6 is 0 Å². The van der Waals surface area contributed by atoms with Crippen molar-refractivity contribution in [3.05, 3.63) is 0 Å². The van der Waals surface area contributed by atoms with Gasteiger partial charge in [-0.25, -0.2) is 0 Å². The van der Waals surface area contributed by atoms with Crippen LogP contribution in [0.4, 0.5) is 0 Å². The standard InChI is InChI=1S/C12H18O6/c1-11(2)16-7-8(17-11)12(18-10(7)15-3)5-4-6(12)9(13)14/h6-8,10H,4-5H2,1-3H3,(H,13,14)/t6-,7-,8?,10?,12+/m0/s1. The molecule has 0 aromatic carbocycles. The van der Waals surface area contributed by atoms with Crippen LogP contribution < -0.4 is 0 Å². The van der Waals surface area contributed by atoms with Crippen molar-refractivity contribution >= 4 is 5.97 Å². The van der Waals surface area contributed by atoms with E-state index in [-0.39, 0.29) is 12.2 Å². The molecule has 3 rings (SSSR count). The molecule has 1 spiro atoms. The molecule has 2 saturated heterocycles. The summed E-state index contributed by atoms with van der Waals surface area (Å²) in [6, 6.07) is 0. The third-order valence-electron chi connectivity index (χ3n) is 4.16. The molecule has 0 bridgehead atoms. The lowest BCUT2D eigenvalue weighted by atomic mass is 9.66. The van der Waals surface area contributed by atoms with Gasteiger partial charge in [0, 0.05) is 7.11 Å². The van der Waals surface area contributed by atoms with Gasteiger partial charge in [0.1, 0.15) is 17.8 Å². The Labute approximate surface area is 105 Å². The fourth-order valence-electron chi connectivity index (χ4n) is 3.29. The molecule has 0 aromatic heterocycles. The molecule has 6 nitrogen and oxygen atoms in total. The predicted octanol–water partition coefficient (Wildman–Crippen LogP) is 0.743. The maximum atomic E-state index is 11.3. The Morgan fingerprint density at radius 3 is 2.56 bits per heavy atom. The fraction of sp³-hybridized carbons (Fsp3) is 0.917. The molecule has 0 amide bonds. The van der Waals surface area contributed by atoms with Crippen LogP contribution in [0.5, 0.6) is 0 Å². The molecular formula is C12H18O6. The highest BCUT2D eigenvalue weighted by atomic mass is 16.8. The van der Waals surface area contributed by atoms with E-state index in [1.165, 1.54) is 7.11 Å². The second kappa shape index (κ2) is 3.66. The van der Waals surface area contributed by atoms with Crippen molar-refractivity contribution in [1.29, 1.82) is 0 Å². The lowest BCUT2D eigenvalue weighted by Crippen LogP contribution is -2.58. The van der Waals surface area contributed by atoms with E-state index < -0.39 is 29.6 Å². The van der Waals surface area contributed by atoms with Gasteiger partial charge in [0.2, 0.25) is 0 Å². The van der Waals surface area contributed by atoms with Crippen LogP contribution in [0.15, 0.2) is 0 Å². The first kappa shape index (κ1) is 12.3. The first-order valence-corrected chi connectivity index (χ1v) is 6.19. The number of aliphatic carboxylic acids is 1. The Morgan fingerprint density at radius 2 is 2.06 bits per heavy atom. The zero-order valence-corrected chi connectivity index (χ0v) is 10.7. The predicted molar refractivity (Wildman–Crippen MR) is 58.8 cm³/mol. The van der Waals surface area contributed by atoms with Crippen LogP contribution in [0.3, 0.4) is 0 Å². The molecule has 2 heterocycles. The molecule has 3 aliphatic rings. The minimum atomic E-state index is -0.843. The Hall–Kier alpha value is -0.690. The molecule has 0 aromatic rings. The normalized spacial score (nSPS) is 49.1. The van der Waals surface area contributed by atoms with E-state index in [1.54, 1.807) is 0 Å². The van der Waals surface area contributed by atoms with Crippen LogP contribution in [-0.2, 0) is 23.7 Å². The quantitative estimate of drug-likeness (QED) is 0.787. The summed E-state index contributed by atoms with van der Waals surface area (Å²) in [6.07, 6.45) is 0.00168. The van der Waals surface area contributed by atoms with Gasteiger partial charge in [-0.05, 0) is 26.7 Å². The monoisotopic (exact) mass is 258 g/mol. The van der Waals surface area contributed by atoms with Crippen LogP contribution in [0.25, 0.3) is 0 Å². The Bertz CT molecular complexity index is 381. The number of carboxylic acid groups (broad SMARTS) is 1. The molecular weight excluding hydrogens is 240 g/mol. The molecule has 5 atom stereocenters. The molecule has 6 heteroatoms. The summed E-state index contributed by atoms with van der Waals surface area (Å²) < 4.78 is 22.7. The minimum absolute atomic E-state index is 0.354. The summed E-state index contributed by atoms with van der Waals surface area (Å²) in [5.74, 6) is -2.10. The van der Waals surface area contributed by atoms with E-state index >= 15 is 0 Å². The molecule has 1 N–H and O–H groups in total. The Kier molecular flexibility index (Phi) is 2.51. The average molecular weight is 258 g/mol. The number of hydrogen-bond acceptors (Lipinski definition) is 5. The average Bonchev–Trinajstić information content (AvgIpc) is 2.67. The number of carboxylic acids is 1. The van der Waals surface area contributed by atoms with Gasteiger partial charge in [-0.15, -0.1) is 0 Å². The van der Waals surface area contributed by atoms with Gasteiger partial charge in [-0.3, -0.25) is 4.79 Å². The highest BCUT2D eigenvalue weighted by molar-refractivity contribution is 5.73. The zero-order chi connectivity index (χ0) is 13.1. The van der Waals surface area contributed by atoms with Crippen LogP contribution in [0, 0.1) is 5.92 Å². The molecule has 1 aliphatic carbocycles. The lowest BCUT2D eigenvalue weighted by molar-refractivity contribution is -0.278.